The Morgan fingerprint density at radius 3 is 2.48 bits per heavy atom. The summed E-state index contributed by atoms with van der Waals surface area (Å²) < 4.78 is 50.0. The molecule has 0 atom stereocenters. The van der Waals surface area contributed by atoms with E-state index in [9.17, 15) is 18.0 Å². The van der Waals surface area contributed by atoms with Crippen molar-refractivity contribution in [1.29, 1.82) is 0 Å². The maximum atomic E-state index is 12.9. The molecule has 5 nitrogen and oxygen atoms in total. The summed E-state index contributed by atoms with van der Waals surface area (Å²) in [7, 11) is 0. The molecule has 9 heteroatoms. The van der Waals surface area contributed by atoms with Crippen molar-refractivity contribution in [3.63, 3.8) is 0 Å². The molecule has 1 fully saturated rings. The van der Waals surface area contributed by atoms with Crippen LogP contribution in [0.2, 0.25) is 5.02 Å². The summed E-state index contributed by atoms with van der Waals surface area (Å²) in [6, 6.07) is 15.7. The van der Waals surface area contributed by atoms with Crippen LogP contribution in [0.1, 0.15) is 27.4 Å². The van der Waals surface area contributed by atoms with Gasteiger partial charge in [-0.25, -0.2) is 0 Å². The maximum absolute atomic E-state index is 12.9. The lowest BCUT2D eigenvalue weighted by Gasteiger charge is -2.34. The molecule has 1 amide bonds. The lowest BCUT2D eigenvalue weighted by Crippen LogP contribution is -2.48. The lowest BCUT2D eigenvalue weighted by atomic mass is 10.1. The van der Waals surface area contributed by atoms with E-state index in [1.807, 2.05) is 4.90 Å². The van der Waals surface area contributed by atoms with E-state index in [4.69, 9.17) is 20.8 Å². The highest BCUT2D eigenvalue weighted by Crippen LogP contribution is 2.30. The zero-order valence-corrected chi connectivity index (χ0v) is 18.4. The Balaban J connectivity index is 1.28. The van der Waals surface area contributed by atoms with Gasteiger partial charge in [0.05, 0.1) is 5.56 Å². The van der Waals surface area contributed by atoms with Crippen LogP contribution in [0.3, 0.4) is 0 Å². The molecule has 2 heterocycles. The first kappa shape index (κ1) is 23.2. The highest BCUT2D eigenvalue weighted by molar-refractivity contribution is 6.30. The van der Waals surface area contributed by atoms with E-state index >= 15 is 0 Å². The number of ether oxygens (including phenoxy) is 1. The molecule has 33 heavy (non-hydrogen) atoms. The van der Waals surface area contributed by atoms with Crippen molar-refractivity contribution < 1.29 is 27.1 Å². The largest absolute Gasteiger partial charge is 0.486 e. The van der Waals surface area contributed by atoms with Gasteiger partial charge in [-0.2, -0.15) is 13.2 Å². The smallest absolute Gasteiger partial charge is 0.416 e. The zero-order valence-electron chi connectivity index (χ0n) is 17.6. The Morgan fingerprint density at radius 1 is 1.00 bits per heavy atom. The monoisotopic (exact) mass is 478 g/mol. The van der Waals surface area contributed by atoms with Gasteiger partial charge in [-0.15, -0.1) is 0 Å². The summed E-state index contributed by atoms with van der Waals surface area (Å²) in [6.45, 7) is 2.62. The van der Waals surface area contributed by atoms with Crippen molar-refractivity contribution in [2.75, 3.05) is 26.2 Å². The van der Waals surface area contributed by atoms with Crippen molar-refractivity contribution in [3.8, 4) is 5.75 Å². The number of hydrogen-bond acceptors (Lipinski definition) is 4. The summed E-state index contributed by atoms with van der Waals surface area (Å²) in [5, 5.41) is 0.565. The van der Waals surface area contributed by atoms with E-state index in [-0.39, 0.29) is 18.3 Å². The Morgan fingerprint density at radius 2 is 1.76 bits per heavy atom. The normalized spacial score (nSPS) is 15.0. The molecule has 1 aliphatic heterocycles. The van der Waals surface area contributed by atoms with Crippen LogP contribution in [-0.2, 0) is 19.3 Å². The summed E-state index contributed by atoms with van der Waals surface area (Å²) in [5.74, 6) is 1.12. The predicted octanol–water partition coefficient (Wildman–Crippen LogP) is 5.49. The number of nitrogens with zero attached hydrogens (tertiary/aromatic N) is 2. The first-order valence-corrected chi connectivity index (χ1v) is 10.8. The molecular formula is C24H22ClF3N2O3. The maximum Gasteiger partial charge on any atom is 0.416 e. The number of carbonyl (C=O) groups is 1. The van der Waals surface area contributed by atoms with Gasteiger partial charge in [-0.05, 0) is 42.0 Å². The van der Waals surface area contributed by atoms with Gasteiger partial charge in [-0.3, -0.25) is 9.69 Å². The molecule has 1 aromatic heterocycles. The number of furan rings is 1. The van der Waals surface area contributed by atoms with Crippen LogP contribution < -0.4 is 4.74 Å². The number of rotatable bonds is 6. The Kier molecular flexibility index (Phi) is 6.95. The van der Waals surface area contributed by atoms with Crippen molar-refractivity contribution >= 4 is 17.5 Å². The van der Waals surface area contributed by atoms with Crippen LogP contribution in [0.25, 0.3) is 0 Å². The van der Waals surface area contributed by atoms with E-state index in [0.717, 1.165) is 6.07 Å². The minimum absolute atomic E-state index is 0.165. The molecule has 0 aliphatic carbocycles. The van der Waals surface area contributed by atoms with Gasteiger partial charge in [-0.1, -0.05) is 35.9 Å². The van der Waals surface area contributed by atoms with Gasteiger partial charge < -0.3 is 14.1 Å². The molecule has 0 radical (unpaired) electrons. The molecule has 1 saturated heterocycles. The number of amides is 1. The topological polar surface area (TPSA) is 45.9 Å². The van der Waals surface area contributed by atoms with E-state index in [2.05, 4.69) is 0 Å². The quantitative estimate of drug-likeness (QED) is 0.470. The van der Waals surface area contributed by atoms with Crippen LogP contribution in [0.15, 0.2) is 65.1 Å². The molecule has 0 bridgehead atoms. The van der Waals surface area contributed by atoms with E-state index in [0.29, 0.717) is 54.8 Å². The Hall–Kier alpha value is -2.97. The fourth-order valence-corrected chi connectivity index (χ4v) is 3.83. The molecule has 0 saturated carbocycles. The molecule has 4 rings (SSSR count). The van der Waals surface area contributed by atoms with Crippen LogP contribution in [-0.4, -0.2) is 41.9 Å². The molecule has 2 aromatic carbocycles. The number of piperazine rings is 1. The predicted molar refractivity (Wildman–Crippen MR) is 117 cm³/mol. The summed E-state index contributed by atoms with van der Waals surface area (Å²) in [5.41, 5.74) is -0.0539. The van der Waals surface area contributed by atoms with Gasteiger partial charge in [0.25, 0.3) is 5.91 Å². The van der Waals surface area contributed by atoms with Crippen LogP contribution in [0.5, 0.6) is 5.75 Å². The fraction of sp³-hybridized carbons (Fsp3) is 0.292. The highest BCUT2D eigenvalue weighted by Gasteiger charge is 2.30. The third kappa shape index (κ3) is 6.09. The number of carbonyl (C=O) groups excluding carboxylic acids is 1. The minimum Gasteiger partial charge on any atom is -0.486 e. The van der Waals surface area contributed by atoms with Crippen LogP contribution >= 0.6 is 11.6 Å². The average Bonchev–Trinajstić information content (AvgIpc) is 3.27. The molecule has 174 valence electrons. The number of benzene rings is 2. The summed E-state index contributed by atoms with van der Waals surface area (Å²) >= 11 is 5.94. The average molecular weight is 479 g/mol. The molecule has 3 aromatic rings. The van der Waals surface area contributed by atoms with E-state index < -0.39 is 11.7 Å². The number of alkyl halides is 3. The first-order chi connectivity index (χ1) is 15.8. The van der Waals surface area contributed by atoms with Crippen molar-refractivity contribution in [3.05, 3.63) is 88.3 Å². The fourth-order valence-electron chi connectivity index (χ4n) is 3.65. The van der Waals surface area contributed by atoms with Gasteiger partial charge in [0.2, 0.25) is 0 Å². The summed E-state index contributed by atoms with van der Waals surface area (Å²) in [4.78, 5) is 16.5. The Labute approximate surface area is 194 Å². The zero-order chi connectivity index (χ0) is 23.4. The van der Waals surface area contributed by atoms with Gasteiger partial charge in [0.1, 0.15) is 18.1 Å². The number of hydrogen-bond donors (Lipinski definition) is 0. The second-order valence-electron chi connectivity index (χ2n) is 7.78. The third-order valence-electron chi connectivity index (χ3n) is 5.37. The second-order valence-corrected chi connectivity index (χ2v) is 8.21. The number of halogens is 4. The molecule has 0 spiro atoms. The van der Waals surface area contributed by atoms with Crippen LogP contribution in [0, 0.1) is 0 Å². The van der Waals surface area contributed by atoms with Crippen molar-refractivity contribution in [2.24, 2.45) is 0 Å². The lowest BCUT2D eigenvalue weighted by molar-refractivity contribution is -0.137. The standard InChI is InChI=1S/C24H22ClF3N2O3/c25-19-5-2-6-20(14-19)32-16-21-7-8-22(33-21)23(31)30-11-9-29(10-12-30)15-17-3-1-4-18(13-17)24(26,27)28/h1-8,13-14H,9-12,15-16H2. The Bertz CT molecular complexity index is 1110. The highest BCUT2D eigenvalue weighted by atomic mass is 35.5. The van der Waals surface area contributed by atoms with Crippen LogP contribution in [0.4, 0.5) is 13.2 Å². The molecule has 0 N–H and O–H groups in total. The molecule has 1 aliphatic rings. The van der Waals surface area contributed by atoms with Gasteiger partial charge in [0.15, 0.2) is 5.76 Å². The minimum atomic E-state index is -4.36. The van der Waals surface area contributed by atoms with Gasteiger partial charge >= 0.3 is 6.18 Å². The second kappa shape index (κ2) is 9.89. The van der Waals surface area contributed by atoms with E-state index in [1.54, 1.807) is 47.4 Å². The van der Waals surface area contributed by atoms with Gasteiger partial charge in [0, 0.05) is 37.7 Å². The summed E-state index contributed by atoms with van der Waals surface area (Å²) in [6.07, 6.45) is -4.36. The van der Waals surface area contributed by atoms with E-state index in [1.165, 1.54) is 12.1 Å². The third-order valence-corrected chi connectivity index (χ3v) is 5.60. The molecule has 0 unspecified atom stereocenters. The molecular weight excluding hydrogens is 457 g/mol. The van der Waals surface area contributed by atoms with Crippen molar-refractivity contribution in [2.45, 2.75) is 19.3 Å². The first-order valence-electron chi connectivity index (χ1n) is 10.4. The van der Waals surface area contributed by atoms with Crippen molar-refractivity contribution in [1.82, 2.24) is 9.80 Å². The SMILES string of the molecule is O=C(c1ccc(COc2cccc(Cl)c2)o1)N1CCN(Cc2cccc(C(F)(F)F)c2)CC1.